The molecule has 124 valence electrons. The van der Waals surface area contributed by atoms with E-state index < -0.39 is 8.07 Å². The molecule has 0 bridgehead atoms. The molecule has 0 aliphatic heterocycles. The minimum Gasteiger partial charge on any atom is -0.399 e. The molecule has 0 fully saturated rings. The van der Waals surface area contributed by atoms with Crippen molar-refractivity contribution in [2.45, 2.75) is 39.3 Å². The lowest BCUT2D eigenvalue weighted by Gasteiger charge is -2.15. The lowest BCUT2D eigenvalue weighted by atomic mass is 10.0. The highest BCUT2D eigenvalue weighted by atomic mass is 28.3. The second-order valence-electron chi connectivity index (χ2n) is 7.10. The van der Waals surface area contributed by atoms with Crippen LogP contribution < -0.4 is 5.73 Å². The number of hydrogen-bond acceptors (Lipinski definition) is 3. The van der Waals surface area contributed by atoms with Gasteiger partial charge in [-0.05, 0) is 30.7 Å². The van der Waals surface area contributed by atoms with Crippen molar-refractivity contribution >= 4 is 19.3 Å². The monoisotopic (exact) mass is 329 g/mol. The molecular weight excluding hydrogens is 302 g/mol. The lowest BCUT2D eigenvalue weighted by Crippen LogP contribution is -2.22. The molecule has 5 heteroatoms. The molecule has 0 saturated carbocycles. The van der Waals surface area contributed by atoms with E-state index in [4.69, 9.17) is 10.5 Å². The first-order chi connectivity index (χ1) is 10.8. The van der Waals surface area contributed by atoms with E-state index in [1.165, 1.54) is 6.04 Å². The lowest BCUT2D eigenvalue weighted by molar-refractivity contribution is 0.0858. The van der Waals surface area contributed by atoms with Gasteiger partial charge in [-0.15, -0.1) is 0 Å². The minimum atomic E-state index is -1.04. The average molecular weight is 330 g/mol. The van der Waals surface area contributed by atoms with Crippen LogP contribution in [0.1, 0.15) is 17.0 Å². The van der Waals surface area contributed by atoms with Gasteiger partial charge in [-0.2, -0.15) is 0 Å². The van der Waals surface area contributed by atoms with Crippen LogP contribution in [0.2, 0.25) is 25.7 Å². The molecular formula is C18H27N3OSi. The van der Waals surface area contributed by atoms with E-state index in [0.717, 1.165) is 34.8 Å². The summed E-state index contributed by atoms with van der Waals surface area (Å²) in [5.74, 6) is 0. The van der Waals surface area contributed by atoms with Crippen LogP contribution in [0, 0.1) is 6.92 Å². The molecule has 0 aliphatic carbocycles. The van der Waals surface area contributed by atoms with Crippen molar-refractivity contribution in [3.8, 4) is 0 Å². The molecule has 0 spiro atoms. The molecule has 0 radical (unpaired) electrons. The number of nitrogens with two attached hydrogens (primary N) is 1. The van der Waals surface area contributed by atoms with Crippen LogP contribution in [-0.2, 0) is 11.5 Å². The van der Waals surface area contributed by atoms with E-state index in [1.807, 2.05) is 42.1 Å². The number of nitrogen functional groups attached to an aromatic ring is 1. The van der Waals surface area contributed by atoms with Crippen LogP contribution in [0.4, 0.5) is 5.69 Å². The normalized spacial score (nSPS) is 11.7. The van der Waals surface area contributed by atoms with Gasteiger partial charge in [-0.3, -0.25) is 0 Å². The Hall–Kier alpha value is -1.85. The van der Waals surface area contributed by atoms with Crippen molar-refractivity contribution in [3.05, 3.63) is 54.1 Å². The van der Waals surface area contributed by atoms with E-state index >= 15 is 0 Å². The number of imidazole rings is 1. The fraction of sp³-hybridized carbons (Fsp3) is 0.389. The Morgan fingerprint density at radius 1 is 1.26 bits per heavy atom. The van der Waals surface area contributed by atoms with Crippen molar-refractivity contribution in [1.29, 1.82) is 0 Å². The molecule has 0 aliphatic rings. The van der Waals surface area contributed by atoms with E-state index in [2.05, 4.69) is 31.2 Å². The molecule has 1 heterocycles. The highest BCUT2D eigenvalue weighted by Crippen LogP contribution is 2.24. The Morgan fingerprint density at radius 3 is 2.52 bits per heavy atom. The van der Waals surface area contributed by atoms with Crippen molar-refractivity contribution < 1.29 is 4.74 Å². The molecule has 23 heavy (non-hydrogen) atoms. The fourth-order valence-corrected chi connectivity index (χ4v) is 2.99. The molecule has 2 N–H and O–H groups in total. The standard InChI is InChI=1S/C18H27N3OSi/c1-14(16-6-8-17(19)9-7-16)18-15(2)21(12-20-18)13-22-10-11-23(3,4)5/h6-9,12H,1,10-11,13,19H2,2-5H3. The molecule has 0 unspecified atom stereocenters. The van der Waals surface area contributed by atoms with Crippen LogP contribution >= 0.6 is 0 Å². The maximum atomic E-state index is 5.80. The highest BCUT2D eigenvalue weighted by Gasteiger charge is 2.14. The molecule has 4 nitrogen and oxygen atoms in total. The second-order valence-corrected chi connectivity index (χ2v) is 12.7. The van der Waals surface area contributed by atoms with Gasteiger partial charge in [0, 0.05) is 31.6 Å². The number of benzene rings is 1. The van der Waals surface area contributed by atoms with E-state index in [9.17, 15) is 0 Å². The number of aromatic nitrogens is 2. The molecule has 0 atom stereocenters. The first-order valence-electron chi connectivity index (χ1n) is 7.92. The topological polar surface area (TPSA) is 53.1 Å². The molecule has 1 aromatic carbocycles. The maximum absolute atomic E-state index is 5.80. The molecule has 0 saturated heterocycles. The number of rotatable bonds is 7. The van der Waals surface area contributed by atoms with Gasteiger partial charge < -0.3 is 15.0 Å². The van der Waals surface area contributed by atoms with Gasteiger partial charge in [0.2, 0.25) is 0 Å². The minimum absolute atomic E-state index is 0.540. The predicted molar refractivity (Wildman–Crippen MR) is 100 cm³/mol. The fourth-order valence-electron chi connectivity index (χ4n) is 2.23. The first-order valence-corrected chi connectivity index (χ1v) is 11.6. The summed E-state index contributed by atoms with van der Waals surface area (Å²) in [5.41, 5.74) is 10.4. The molecule has 2 aromatic rings. The third kappa shape index (κ3) is 4.81. The van der Waals surface area contributed by atoms with Crippen molar-refractivity contribution in [2.75, 3.05) is 12.3 Å². The summed E-state index contributed by atoms with van der Waals surface area (Å²) in [5, 5.41) is 0. The summed E-state index contributed by atoms with van der Waals surface area (Å²) in [6, 6.07) is 8.88. The van der Waals surface area contributed by atoms with Crippen LogP contribution in [0.5, 0.6) is 0 Å². The van der Waals surface area contributed by atoms with Gasteiger partial charge in [-0.25, -0.2) is 4.98 Å². The van der Waals surface area contributed by atoms with Crippen molar-refractivity contribution in [3.63, 3.8) is 0 Å². The van der Waals surface area contributed by atoms with Gasteiger partial charge in [-0.1, -0.05) is 38.4 Å². The summed E-state index contributed by atoms with van der Waals surface area (Å²) >= 11 is 0. The zero-order chi connectivity index (χ0) is 17.0. The van der Waals surface area contributed by atoms with Crippen LogP contribution in [-0.4, -0.2) is 24.2 Å². The number of nitrogens with zero attached hydrogens (tertiary/aromatic N) is 2. The van der Waals surface area contributed by atoms with Crippen LogP contribution in [0.3, 0.4) is 0 Å². The van der Waals surface area contributed by atoms with E-state index in [-0.39, 0.29) is 0 Å². The quantitative estimate of drug-likeness (QED) is 0.472. The Morgan fingerprint density at radius 2 is 1.91 bits per heavy atom. The van der Waals surface area contributed by atoms with Gasteiger partial charge in [0.1, 0.15) is 6.73 Å². The Balaban J connectivity index is 2.01. The Labute approximate surface area is 140 Å². The summed E-state index contributed by atoms with van der Waals surface area (Å²) in [4.78, 5) is 4.50. The van der Waals surface area contributed by atoms with E-state index in [1.54, 1.807) is 0 Å². The zero-order valence-electron chi connectivity index (χ0n) is 14.6. The maximum Gasteiger partial charge on any atom is 0.124 e. The Kier molecular flexibility index (Phi) is 5.44. The van der Waals surface area contributed by atoms with Crippen molar-refractivity contribution in [2.24, 2.45) is 0 Å². The largest absolute Gasteiger partial charge is 0.399 e. The second kappa shape index (κ2) is 7.15. The molecule has 2 rings (SSSR count). The summed E-state index contributed by atoms with van der Waals surface area (Å²) in [7, 11) is -1.04. The van der Waals surface area contributed by atoms with Gasteiger partial charge >= 0.3 is 0 Å². The third-order valence-electron chi connectivity index (χ3n) is 3.87. The summed E-state index contributed by atoms with van der Waals surface area (Å²) in [6.45, 7) is 14.6. The first kappa shape index (κ1) is 17.5. The smallest absolute Gasteiger partial charge is 0.124 e. The average Bonchev–Trinajstić information content (AvgIpc) is 2.84. The SMILES string of the molecule is C=C(c1ccc(N)cc1)c1ncn(COCC[Si](C)(C)C)c1C. The van der Waals surface area contributed by atoms with E-state index in [0.29, 0.717) is 6.73 Å². The molecule has 0 amide bonds. The third-order valence-corrected chi connectivity index (χ3v) is 5.58. The van der Waals surface area contributed by atoms with Crippen molar-refractivity contribution in [1.82, 2.24) is 9.55 Å². The number of hydrogen-bond donors (Lipinski definition) is 1. The van der Waals surface area contributed by atoms with Gasteiger partial charge in [0.15, 0.2) is 0 Å². The Bertz CT molecular complexity index is 669. The van der Waals surface area contributed by atoms with Gasteiger partial charge in [0.05, 0.1) is 12.0 Å². The van der Waals surface area contributed by atoms with Gasteiger partial charge in [0.25, 0.3) is 0 Å². The predicted octanol–water partition coefficient (Wildman–Crippen LogP) is 4.15. The molecule has 1 aromatic heterocycles. The number of anilines is 1. The number of ether oxygens (including phenoxy) is 1. The summed E-state index contributed by atoms with van der Waals surface area (Å²) in [6.07, 6.45) is 1.82. The zero-order valence-corrected chi connectivity index (χ0v) is 15.6. The highest BCUT2D eigenvalue weighted by molar-refractivity contribution is 6.76. The summed E-state index contributed by atoms with van der Waals surface area (Å²) < 4.78 is 7.83. The van der Waals surface area contributed by atoms with Crippen LogP contribution in [0.15, 0.2) is 37.2 Å². The van der Waals surface area contributed by atoms with Crippen LogP contribution in [0.25, 0.3) is 5.57 Å².